The molecular formula is C25H22N6O2. The van der Waals surface area contributed by atoms with Crippen molar-refractivity contribution in [3.05, 3.63) is 77.7 Å². The standard InChI is InChI=1S/C25H22N6O2/c1-25(33)14-31(15-25)24(32)16-4-6-20(7-5-16)28-22-23-27-8-9-30(23)13-21(29-22)17-2-3-18-11-26-12-19(18)10-17/h2-11,13,33H,12,14-15H2,1H3,(H,28,29). The minimum atomic E-state index is -0.782. The molecule has 0 aliphatic carbocycles. The van der Waals surface area contributed by atoms with Crippen LogP contribution in [0.4, 0.5) is 11.5 Å². The van der Waals surface area contributed by atoms with Crippen molar-refractivity contribution in [3.8, 4) is 11.3 Å². The summed E-state index contributed by atoms with van der Waals surface area (Å²) < 4.78 is 1.95. The molecule has 1 amide bonds. The fourth-order valence-corrected chi connectivity index (χ4v) is 4.36. The van der Waals surface area contributed by atoms with Gasteiger partial charge in [-0.15, -0.1) is 0 Å². The third kappa shape index (κ3) is 3.54. The van der Waals surface area contributed by atoms with E-state index in [9.17, 15) is 9.90 Å². The maximum absolute atomic E-state index is 12.6. The van der Waals surface area contributed by atoms with Crippen molar-refractivity contribution in [1.82, 2.24) is 19.3 Å². The number of anilines is 2. The van der Waals surface area contributed by atoms with Gasteiger partial charge in [-0.3, -0.25) is 9.79 Å². The van der Waals surface area contributed by atoms with Crippen LogP contribution in [-0.4, -0.2) is 55.2 Å². The monoisotopic (exact) mass is 438 g/mol. The summed E-state index contributed by atoms with van der Waals surface area (Å²) in [6, 6.07) is 13.5. The second kappa shape index (κ2) is 7.25. The Hall–Kier alpha value is -4.04. The second-order valence-electron chi connectivity index (χ2n) is 8.88. The van der Waals surface area contributed by atoms with Gasteiger partial charge < -0.3 is 19.7 Å². The van der Waals surface area contributed by atoms with E-state index in [0.717, 1.165) is 22.5 Å². The lowest BCUT2D eigenvalue weighted by atomic mass is 9.96. The first kappa shape index (κ1) is 19.6. The second-order valence-corrected chi connectivity index (χ2v) is 8.88. The molecule has 0 unspecified atom stereocenters. The molecule has 2 aliphatic rings. The van der Waals surface area contributed by atoms with Gasteiger partial charge in [0.05, 0.1) is 30.9 Å². The molecule has 0 atom stereocenters. The first-order valence-corrected chi connectivity index (χ1v) is 10.8. The zero-order chi connectivity index (χ0) is 22.6. The molecule has 0 radical (unpaired) electrons. The molecule has 6 rings (SSSR count). The number of likely N-dealkylation sites (tertiary alicyclic amines) is 1. The summed E-state index contributed by atoms with van der Waals surface area (Å²) in [6.07, 6.45) is 7.50. The summed E-state index contributed by atoms with van der Waals surface area (Å²) in [7, 11) is 0. The lowest BCUT2D eigenvalue weighted by molar-refractivity contribution is -0.0668. The number of hydrogen-bond donors (Lipinski definition) is 2. The van der Waals surface area contributed by atoms with Crippen LogP contribution < -0.4 is 5.32 Å². The van der Waals surface area contributed by atoms with E-state index in [2.05, 4.69) is 33.5 Å². The Kier molecular flexibility index (Phi) is 4.31. The molecule has 8 nitrogen and oxygen atoms in total. The lowest BCUT2D eigenvalue weighted by Gasteiger charge is -2.44. The van der Waals surface area contributed by atoms with Gasteiger partial charge in [-0.05, 0) is 48.4 Å². The number of carbonyl (C=O) groups excluding carboxylic acids is 1. The van der Waals surface area contributed by atoms with E-state index >= 15 is 0 Å². The largest absolute Gasteiger partial charge is 0.386 e. The molecule has 2 aromatic carbocycles. The molecule has 2 aromatic heterocycles. The summed E-state index contributed by atoms with van der Waals surface area (Å²) in [5.41, 5.74) is 5.51. The normalized spacial score (nSPS) is 16.0. The van der Waals surface area contributed by atoms with Gasteiger partial charge in [0.25, 0.3) is 5.91 Å². The number of fused-ring (bicyclic) bond motifs is 2. The molecule has 0 saturated carbocycles. The number of rotatable bonds is 4. The van der Waals surface area contributed by atoms with E-state index < -0.39 is 5.60 Å². The molecule has 4 heterocycles. The van der Waals surface area contributed by atoms with Crippen molar-refractivity contribution >= 4 is 29.3 Å². The van der Waals surface area contributed by atoms with Crippen LogP contribution in [0.1, 0.15) is 28.4 Å². The first-order chi connectivity index (χ1) is 15.9. The van der Waals surface area contributed by atoms with Crippen LogP contribution in [0.25, 0.3) is 16.9 Å². The van der Waals surface area contributed by atoms with Crippen LogP contribution in [0.2, 0.25) is 0 Å². The van der Waals surface area contributed by atoms with Crippen molar-refractivity contribution in [2.24, 2.45) is 4.99 Å². The Morgan fingerprint density at radius 3 is 2.76 bits per heavy atom. The van der Waals surface area contributed by atoms with Gasteiger partial charge >= 0.3 is 0 Å². The van der Waals surface area contributed by atoms with E-state index in [4.69, 9.17) is 4.98 Å². The molecule has 1 saturated heterocycles. The van der Waals surface area contributed by atoms with Gasteiger partial charge in [0.15, 0.2) is 11.5 Å². The molecule has 2 N–H and O–H groups in total. The summed E-state index contributed by atoms with van der Waals surface area (Å²) in [4.78, 5) is 27.8. The SMILES string of the molecule is CC1(O)CN(C(=O)c2ccc(Nc3nc(-c4ccc5c(c4)CN=C5)cn4ccnc34)cc2)C1. The van der Waals surface area contributed by atoms with Crippen LogP contribution in [-0.2, 0) is 6.54 Å². The van der Waals surface area contributed by atoms with Gasteiger partial charge in [-0.25, -0.2) is 9.97 Å². The van der Waals surface area contributed by atoms with Crippen LogP contribution in [0.5, 0.6) is 0 Å². The smallest absolute Gasteiger partial charge is 0.254 e. The molecule has 0 bridgehead atoms. The van der Waals surface area contributed by atoms with Crippen molar-refractivity contribution in [3.63, 3.8) is 0 Å². The Morgan fingerprint density at radius 2 is 1.97 bits per heavy atom. The van der Waals surface area contributed by atoms with Gasteiger partial charge in [0, 0.05) is 41.6 Å². The van der Waals surface area contributed by atoms with Gasteiger partial charge in [-0.2, -0.15) is 0 Å². The Labute approximate surface area is 190 Å². The van der Waals surface area contributed by atoms with Gasteiger partial charge in [0.2, 0.25) is 0 Å². The highest BCUT2D eigenvalue weighted by molar-refractivity contribution is 5.95. The summed E-state index contributed by atoms with van der Waals surface area (Å²) in [5, 5.41) is 13.2. The number of aromatic nitrogens is 3. The fraction of sp³-hybridized carbons (Fsp3) is 0.200. The van der Waals surface area contributed by atoms with Crippen LogP contribution >= 0.6 is 0 Å². The zero-order valence-electron chi connectivity index (χ0n) is 18.1. The third-order valence-electron chi connectivity index (χ3n) is 6.05. The van der Waals surface area contributed by atoms with Crippen LogP contribution in [0.3, 0.4) is 0 Å². The predicted octanol–water partition coefficient (Wildman–Crippen LogP) is 3.28. The van der Waals surface area contributed by atoms with E-state index in [0.29, 0.717) is 36.7 Å². The summed E-state index contributed by atoms with van der Waals surface area (Å²) in [5.74, 6) is 0.552. The lowest BCUT2D eigenvalue weighted by Crippen LogP contribution is -2.61. The zero-order valence-corrected chi connectivity index (χ0v) is 18.1. The van der Waals surface area contributed by atoms with E-state index in [1.165, 1.54) is 5.56 Å². The van der Waals surface area contributed by atoms with E-state index in [-0.39, 0.29) is 5.91 Å². The van der Waals surface area contributed by atoms with E-state index in [1.807, 2.05) is 35.1 Å². The molecule has 2 aliphatic heterocycles. The number of amides is 1. The highest BCUT2D eigenvalue weighted by Crippen LogP contribution is 2.28. The van der Waals surface area contributed by atoms with Crippen molar-refractivity contribution in [1.29, 1.82) is 0 Å². The van der Waals surface area contributed by atoms with E-state index in [1.54, 1.807) is 30.2 Å². The number of β-amino-alcohol motifs (C(OH)–C–C–N with tert-alkyl or cyclic N) is 1. The molecule has 8 heteroatoms. The Balaban J connectivity index is 1.28. The number of benzene rings is 2. The van der Waals surface area contributed by atoms with Gasteiger partial charge in [-0.1, -0.05) is 12.1 Å². The van der Waals surface area contributed by atoms with Gasteiger partial charge in [0.1, 0.15) is 0 Å². The first-order valence-electron chi connectivity index (χ1n) is 10.8. The predicted molar refractivity (Wildman–Crippen MR) is 126 cm³/mol. The Bertz CT molecular complexity index is 1410. The molecule has 1 fully saturated rings. The minimum absolute atomic E-state index is 0.0792. The highest BCUT2D eigenvalue weighted by atomic mass is 16.3. The fourth-order valence-electron chi connectivity index (χ4n) is 4.36. The molecule has 4 aromatic rings. The maximum Gasteiger partial charge on any atom is 0.254 e. The number of nitrogens with one attached hydrogen (secondary N) is 1. The van der Waals surface area contributed by atoms with Crippen LogP contribution in [0.15, 0.2) is 66.0 Å². The quantitative estimate of drug-likeness (QED) is 0.510. The number of hydrogen-bond acceptors (Lipinski definition) is 6. The number of nitrogens with zero attached hydrogens (tertiary/aromatic N) is 5. The number of aliphatic imine (C=N–C) groups is 1. The van der Waals surface area contributed by atoms with Crippen LogP contribution in [0, 0.1) is 0 Å². The molecule has 33 heavy (non-hydrogen) atoms. The highest BCUT2D eigenvalue weighted by Gasteiger charge is 2.39. The minimum Gasteiger partial charge on any atom is -0.386 e. The third-order valence-corrected chi connectivity index (χ3v) is 6.05. The number of imidazole rings is 1. The Morgan fingerprint density at radius 1 is 1.15 bits per heavy atom. The topological polar surface area (TPSA) is 95.1 Å². The van der Waals surface area contributed by atoms with Crippen molar-refractivity contribution in [2.45, 2.75) is 19.1 Å². The number of aliphatic hydroxyl groups is 1. The van der Waals surface area contributed by atoms with Crippen molar-refractivity contribution < 1.29 is 9.90 Å². The summed E-state index contributed by atoms with van der Waals surface area (Å²) in [6.45, 7) is 3.14. The average Bonchev–Trinajstić information content (AvgIpc) is 3.46. The number of carbonyl (C=O) groups is 1. The maximum atomic E-state index is 12.6. The molecule has 0 spiro atoms. The molecular weight excluding hydrogens is 416 g/mol. The summed E-state index contributed by atoms with van der Waals surface area (Å²) >= 11 is 0. The average molecular weight is 438 g/mol. The van der Waals surface area contributed by atoms with Crippen molar-refractivity contribution in [2.75, 3.05) is 18.4 Å². The molecule has 164 valence electrons.